The van der Waals surface area contributed by atoms with E-state index in [0.29, 0.717) is 10.7 Å². The van der Waals surface area contributed by atoms with Gasteiger partial charge in [0, 0.05) is 20.1 Å². The molecule has 0 aromatic carbocycles. The number of pyridine rings is 1. The number of hydrogen-bond donors (Lipinski definition) is 1. The lowest BCUT2D eigenvalue weighted by Gasteiger charge is -2.04. The van der Waals surface area contributed by atoms with Gasteiger partial charge in [0.15, 0.2) is 0 Å². The van der Waals surface area contributed by atoms with Crippen LogP contribution in [-0.4, -0.2) is 10.9 Å². The lowest BCUT2D eigenvalue weighted by Crippen LogP contribution is -2.11. The molecule has 0 atom stereocenters. The minimum Gasteiger partial charge on any atom is -0.306 e. The number of nitrogens with one attached hydrogen (secondary N) is 1. The number of carbonyl (C=O) groups excluding carboxylic acids is 1. The highest BCUT2D eigenvalue weighted by molar-refractivity contribution is 9.10. The highest BCUT2D eigenvalue weighted by Crippen LogP contribution is 2.30. The van der Waals surface area contributed by atoms with Crippen LogP contribution in [0.2, 0.25) is 0 Å². The second-order valence-electron chi connectivity index (χ2n) is 4.03. The average Bonchev–Trinajstić information content (AvgIpc) is 2.94. The molecule has 0 aliphatic rings. The molecule has 0 bridgehead atoms. The quantitative estimate of drug-likeness (QED) is 0.727. The second-order valence-corrected chi connectivity index (χ2v) is 6.92. The van der Waals surface area contributed by atoms with E-state index in [1.807, 2.05) is 30.5 Å². The van der Waals surface area contributed by atoms with E-state index < -0.39 is 0 Å². The summed E-state index contributed by atoms with van der Waals surface area (Å²) in [5.74, 6) is 0.463. The Morgan fingerprint density at radius 2 is 2.21 bits per heavy atom. The van der Waals surface area contributed by atoms with Gasteiger partial charge in [-0.2, -0.15) is 0 Å². The van der Waals surface area contributed by atoms with Gasteiger partial charge in [-0.1, -0.05) is 0 Å². The van der Waals surface area contributed by atoms with Crippen LogP contribution >= 0.6 is 38.6 Å². The van der Waals surface area contributed by atoms with Crippen molar-refractivity contribution in [3.05, 3.63) is 44.7 Å². The van der Waals surface area contributed by atoms with Crippen LogP contribution in [0.4, 0.5) is 5.82 Å². The largest absolute Gasteiger partial charge is 0.306 e. The summed E-state index contributed by atoms with van der Waals surface area (Å²) in [6, 6.07) is 5.80. The first kappa shape index (κ1) is 12.8. The molecule has 0 aliphatic carbocycles. The third kappa shape index (κ3) is 2.56. The molecule has 19 heavy (non-hydrogen) atoms. The Balaban J connectivity index is 1.84. The van der Waals surface area contributed by atoms with Gasteiger partial charge in [-0.25, -0.2) is 4.98 Å². The maximum atomic E-state index is 12.1. The summed E-state index contributed by atoms with van der Waals surface area (Å²) in [5.41, 5.74) is 1.04. The molecule has 3 nitrogen and oxygen atoms in total. The third-order valence-electron chi connectivity index (χ3n) is 2.65. The van der Waals surface area contributed by atoms with Gasteiger partial charge in [-0.05, 0) is 52.0 Å². The first-order chi connectivity index (χ1) is 9.13. The summed E-state index contributed by atoms with van der Waals surface area (Å²) in [5, 5.41) is 4.85. The van der Waals surface area contributed by atoms with Gasteiger partial charge >= 0.3 is 0 Å². The molecule has 0 unspecified atom stereocenters. The SMILES string of the molecule is Cc1cc(NC(=O)c2cc3sccc3s2)ncc1Br. The Hall–Kier alpha value is -1.24. The van der Waals surface area contributed by atoms with Crippen molar-refractivity contribution in [1.82, 2.24) is 4.98 Å². The lowest BCUT2D eigenvalue weighted by atomic mass is 10.3. The molecule has 1 N–H and O–H groups in total. The number of fused-ring (bicyclic) bond motifs is 1. The van der Waals surface area contributed by atoms with Gasteiger partial charge in [-0.15, -0.1) is 22.7 Å². The first-order valence-electron chi connectivity index (χ1n) is 5.54. The first-order valence-corrected chi connectivity index (χ1v) is 8.03. The summed E-state index contributed by atoms with van der Waals surface area (Å²) in [6.45, 7) is 1.96. The molecular weight excluding hydrogens is 344 g/mol. The van der Waals surface area contributed by atoms with Crippen LogP contribution in [0.5, 0.6) is 0 Å². The molecule has 3 aromatic heterocycles. The van der Waals surface area contributed by atoms with Crippen LogP contribution in [0, 0.1) is 6.92 Å². The van der Waals surface area contributed by atoms with Crippen molar-refractivity contribution in [1.29, 1.82) is 0 Å². The van der Waals surface area contributed by atoms with E-state index in [9.17, 15) is 4.79 Å². The van der Waals surface area contributed by atoms with E-state index in [1.165, 1.54) is 11.3 Å². The van der Waals surface area contributed by atoms with E-state index in [0.717, 1.165) is 19.4 Å². The van der Waals surface area contributed by atoms with Gasteiger partial charge in [0.05, 0.1) is 4.88 Å². The van der Waals surface area contributed by atoms with E-state index in [-0.39, 0.29) is 5.91 Å². The topological polar surface area (TPSA) is 42.0 Å². The van der Waals surface area contributed by atoms with Crippen LogP contribution in [-0.2, 0) is 0 Å². The monoisotopic (exact) mass is 352 g/mol. The number of amides is 1. The van der Waals surface area contributed by atoms with Gasteiger partial charge in [0.1, 0.15) is 5.82 Å². The molecule has 0 saturated heterocycles. The molecule has 0 saturated carbocycles. The molecule has 0 radical (unpaired) electrons. The molecule has 3 aromatic rings. The van der Waals surface area contributed by atoms with Crippen molar-refractivity contribution in [2.45, 2.75) is 6.92 Å². The number of carbonyl (C=O) groups is 1. The number of thiophene rings is 2. The van der Waals surface area contributed by atoms with E-state index in [1.54, 1.807) is 17.5 Å². The molecular formula is C13H9BrN2OS2. The van der Waals surface area contributed by atoms with Crippen molar-refractivity contribution >= 4 is 59.7 Å². The highest BCUT2D eigenvalue weighted by atomic mass is 79.9. The van der Waals surface area contributed by atoms with Crippen LogP contribution in [0.3, 0.4) is 0 Å². The summed E-state index contributed by atoms with van der Waals surface area (Å²) in [7, 11) is 0. The fourth-order valence-electron chi connectivity index (χ4n) is 1.66. The predicted octanol–water partition coefficient (Wildman–Crippen LogP) is 4.68. The van der Waals surface area contributed by atoms with Crippen LogP contribution in [0.1, 0.15) is 15.2 Å². The van der Waals surface area contributed by atoms with Crippen LogP contribution in [0.25, 0.3) is 9.40 Å². The molecule has 96 valence electrons. The van der Waals surface area contributed by atoms with Crippen molar-refractivity contribution in [2.24, 2.45) is 0 Å². The molecule has 3 rings (SSSR count). The fourth-order valence-corrected chi connectivity index (χ4v) is 3.88. The lowest BCUT2D eigenvalue weighted by molar-refractivity contribution is 0.103. The summed E-state index contributed by atoms with van der Waals surface area (Å²) in [6.07, 6.45) is 1.69. The summed E-state index contributed by atoms with van der Waals surface area (Å²) >= 11 is 6.53. The van der Waals surface area contributed by atoms with E-state index >= 15 is 0 Å². The van der Waals surface area contributed by atoms with Crippen molar-refractivity contribution in [3.63, 3.8) is 0 Å². The predicted molar refractivity (Wildman–Crippen MR) is 84.3 cm³/mol. The fraction of sp³-hybridized carbons (Fsp3) is 0.0769. The average molecular weight is 353 g/mol. The number of rotatable bonds is 2. The third-order valence-corrected chi connectivity index (χ3v) is 5.57. The van der Waals surface area contributed by atoms with Crippen molar-refractivity contribution in [3.8, 4) is 0 Å². The maximum absolute atomic E-state index is 12.1. The zero-order valence-electron chi connectivity index (χ0n) is 9.94. The standard InChI is InChI=1S/C13H9BrN2OS2/c1-7-4-12(15-6-8(7)14)16-13(17)11-5-10-9(19-11)2-3-18-10/h2-6H,1H3,(H,15,16,17). The second kappa shape index (κ2) is 5.03. The Morgan fingerprint density at radius 1 is 1.37 bits per heavy atom. The number of anilines is 1. The normalized spacial score (nSPS) is 10.8. The highest BCUT2D eigenvalue weighted by Gasteiger charge is 2.12. The number of halogens is 1. The minimum atomic E-state index is -0.109. The van der Waals surface area contributed by atoms with Crippen molar-refractivity contribution < 1.29 is 4.79 Å². The Bertz CT molecular complexity index is 734. The summed E-state index contributed by atoms with van der Waals surface area (Å²) < 4.78 is 3.23. The molecule has 6 heteroatoms. The number of nitrogens with zero attached hydrogens (tertiary/aromatic N) is 1. The van der Waals surface area contributed by atoms with Crippen LogP contribution in [0.15, 0.2) is 34.2 Å². The smallest absolute Gasteiger partial charge is 0.266 e. The molecule has 0 aliphatic heterocycles. The zero-order valence-corrected chi connectivity index (χ0v) is 13.2. The van der Waals surface area contributed by atoms with Crippen molar-refractivity contribution in [2.75, 3.05) is 5.32 Å². The molecule has 0 spiro atoms. The van der Waals surface area contributed by atoms with E-state index in [4.69, 9.17) is 0 Å². The Morgan fingerprint density at radius 3 is 2.95 bits per heavy atom. The minimum absolute atomic E-state index is 0.109. The van der Waals surface area contributed by atoms with Gasteiger partial charge in [0.25, 0.3) is 5.91 Å². The number of aryl methyl sites for hydroxylation is 1. The zero-order chi connectivity index (χ0) is 13.4. The Kier molecular flexibility index (Phi) is 3.38. The summed E-state index contributed by atoms with van der Waals surface area (Å²) in [4.78, 5) is 17.0. The maximum Gasteiger partial charge on any atom is 0.266 e. The van der Waals surface area contributed by atoms with Crippen LogP contribution < -0.4 is 5.32 Å². The molecule has 0 fully saturated rings. The van der Waals surface area contributed by atoms with Gasteiger partial charge in [0.2, 0.25) is 0 Å². The number of aromatic nitrogens is 1. The van der Waals surface area contributed by atoms with E-state index in [2.05, 4.69) is 26.2 Å². The molecule has 1 amide bonds. The van der Waals surface area contributed by atoms with Gasteiger partial charge in [-0.3, -0.25) is 4.79 Å². The van der Waals surface area contributed by atoms with Gasteiger partial charge < -0.3 is 5.32 Å². The Labute approximate surface area is 126 Å². The molecule has 3 heterocycles. The number of hydrogen-bond acceptors (Lipinski definition) is 4.